The molecule has 0 heterocycles. The summed E-state index contributed by atoms with van der Waals surface area (Å²) in [5.41, 5.74) is 2.22. The number of halogens is 2. The third-order valence-corrected chi connectivity index (χ3v) is 6.53. The van der Waals surface area contributed by atoms with Crippen molar-refractivity contribution in [3.05, 3.63) is 105 Å². The van der Waals surface area contributed by atoms with Crippen molar-refractivity contribution in [2.45, 2.75) is 6.61 Å². The second-order valence-electron chi connectivity index (χ2n) is 7.58. The number of rotatable bonds is 7. The van der Waals surface area contributed by atoms with Crippen LogP contribution in [0, 0.1) is 11.3 Å². The minimum absolute atomic E-state index is 0.0416. The van der Waals surface area contributed by atoms with Gasteiger partial charge in [0, 0.05) is 14.6 Å². The Balaban J connectivity index is 1.56. The summed E-state index contributed by atoms with van der Waals surface area (Å²) < 4.78 is 13.2. The summed E-state index contributed by atoms with van der Waals surface area (Å²) in [6.45, 7) is 0.360. The third-order valence-electron chi connectivity index (χ3n) is 5.31. The van der Waals surface area contributed by atoms with Gasteiger partial charge >= 0.3 is 0 Å². The van der Waals surface area contributed by atoms with Gasteiger partial charge in [0.15, 0.2) is 11.5 Å². The van der Waals surface area contributed by atoms with Crippen LogP contribution in [0.25, 0.3) is 16.8 Å². The van der Waals surface area contributed by atoms with Gasteiger partial charge in [-0.3, -0.25) is 4.79 Å². The minimum atomic E-state index is -0.503. The van der Waals surface area contributed by atoms with Crippen LogP contribution < -0.4 is 14.8 Å². The number of nitriles is 1. The van der Waals surface area contributed by atoms with Gasteiger partial charge in [-0.15, -0.1) is 0 Å². The van der Waals surface area contributed by atoms with E-state index in [1.807, 2.05) is 42.5 Å². The first-order valence-electron chi connectivity index (χ1n) is 10.6. The number of hydrogen-bond donors (Lipinski definition) is 1. The van der Waals surface area contributed by atoms with Gasteiger partial charge in [0.05, 0.1) is 7.11 Å². The first kappa shape index (κ1) is 24.5. The number of amides is 1. The molecule has 0 saturated heterocycles. The Morgan fingerprint density at radius 2 is 1.74 bits per heavy atom. The van der Waals surface area contributed by atoms with E-state index in [-0.39, 0.29) is 5.57 Å². The quantitative estimate of drug-likeness (QED) is 0.178. The molecule has 1 N–H and O–H groups in total. The number of nitrogens with one attached hydrogen (secondary N) is 1. The third kappa shape index (κ3) is 5.91. The maximum atomic E-state index is 12.6. The van der Waals surface area contributed by atoms with Crippen LogP contribution in [0.4, 0.5) is 5.69 Å². The lowest BCUT2D eigenvalue weighted by molar-refractivity contribution is -0.112. The van der Waals surface area contributed by atoms with Crippen LogP contribution in [-0.2, 0) is 11.4 Å². The van der Waals surface area contributed by atoms with Gasteiger partial charge in [-0.2, -0.15) is 5.26 Å². The number of fused-ring (bicyclic) bond motifs is 1. The molecule has 0 fully saturated rings. The lowest BCUT2D eigenvalue weighted by Gasteiger charge is -2.14. The summed E-state index contributed by atoms with van der Waals surface area (Å²) in [5, 5.41) is 14.6. The first-order chi connectivity index (χ1) is 17.0. The monoisotopic (exact) mass is 590 g/mol. The number of hydrogen-bond acceptors (Lipinski definition) is 4. The van der Waals surface area contributed by atoms with Crippen molar-refractivity contribution in [3.8, 4) is 17.6 Å². The molecule has 174 valence electrons. The number of anilines is 1. The van der Waals surface area contributed by atoms with Gasteiger partial charge in [-0.05, 0) is 64.4 Å². The normalized spacial score (nSPS) is 11.1. The van der Waals surface area contributed by atoms with Crippen molar-refractivity contribution in [1.82, 2.24) is 0 Å². The fraction of sp³-hybridized carbons (Fsp3) is 0.0714. The topological polar surface area (TPSA) is 71.3 Å². The number of carbonyl (C=O) groups excluding carboxylic acids is 1. The highest BCUT2D eigenvalue weighted by Gasteiger charge is 2.14. The van der Waals surface area contributed by atoms with E-state index < -0.39 is 5.91 Å². The van der Waals surface area contributed by atoms with Crippen LogP contribution in [0.15, 0.2) is 93.4 Å². The van der Waals surface area contributed by atoms with Gasteiger partial charge < -0.3 is 14.8 Å². The fourth-order valence-corrected chi connectivity index (χ4v) is 4.24. The molecule has 0 radical (unpaired) electrons. The largest absolute Gasteiger partial charge is 0.493 e. The number of nitrogens with zero attached hydrogens (tertiary/aromatic N) is 1. The molecule has 0 saturated carbocycles. The molecular formula is C28H20Br2N2O3. The maximum absolute atomic E-state index is 12.6. The van der Waals surface area contributed by atoms with Crippen molar-refractivity contribution >= 4 is 60.3 Å². The molecule has 0 unspecified atom stereocenters. The number of carbonyl (C=O) groups is 1. The van der Waals surface area contributed by atoms with Crippen molar-refractivity contribution in [1.29, 1.82) is 5.26 Å². The van der Waals surface area contributed by atoms with E-state index in [9.17, 15) is 10.1 Å². The lowest BCUT2D eigenvalue weighted by atomic mass is 10.1. The molecule has 0 aliphatic heterocycles. The highest BCUT2D eigenvalue weighted by Crippen LogP contribution is 2.35. The average molecular weight is 592 g/mol. The zero-order valence-corrected chi connectivity index (χ0v) is 21.9. The predicted molar refractivity (Wildman–Crippen MR) is 145 cm³/mol. The molecular weight excluding hydrogens is 572 g/mol. The highest BCUT2D eigenvalue weighted by molar-refractivity contribution is 9.10. The minimum Gasteiger partial charge on any atom is -0.493 e. The van der Waals surface area contributed by atoms with E-state index in [0.29, 0.717) is 33.8 Å². The summed E-state index contributed by atoms with van der Waals surface area (Å²) in [6, 6.07) is 26.8. The molecule has 0 spiro atoms. The van der Waals surface area contributed by atoms with Gasteiger partial charge in [-0.1, -0.05) is 74.3 Å². The average Bonchev–Trinajstić information content (AvgIpc) is 2.88. The van der Waals surface area contributed by atoms with Crippen LogP contribution in [0.1, 0.15) is 11.1 Å². The Kier molecular flexibility index (Phi) is 7.86. The summed E-state index contributed by atoms with van der Waals surface area (Å²) in [6.07, 6.45) is 1.51. The van der Waals surface area contributed by atoms with Crippen molar-refractivity contribution in [2.24, 2.45) is 0 Å². The van der Waals surface area contributed by atoms with Crippen LogP contribution in [0.5, 0.6) is 11.5 Å². The maximum Gasteiger partial charge on any atom is 0.266 e. The molecule has 0 atom stereocenters. The molecule has 1 amide bonds. The molecule has 4 aromatic carbocycles. The van der Waals surface area contributed by atoms with E-state index >= 15 is 0 Å². The van der Waals surface area contributed by atoms with Crippen molar-refractivity contribution in [3.63, 3.8) is 0 Å². The molecule has 5 nitrogen and oxygen atoms in total. The van der Waals surface area contributed by atoms with Crippen molar-refractivity contribution in [2.75, 3.05) is 12.4 Å². The van der Waals surface area contributed by atoms with E-state index in [2.05, 4.69) is 55.4 Å². The molecule has 4 rings (SSSR count). The van der Waals surface area contributed by atoms with Crippen LogP contribution in [-0.4, -0.2) is 13.0 Å². The fourth-order valence-electron chi connectivity index (χ4n) is 3.54. The Hall–Kier alpha value is -3.60. The van der Waals surface area contributed by atoms with E-state index in [1.54, 1.807) is 31.4 Å². The van der Waals surface area contributed by atoms with E-state index in [4.69, 9.17) is 9.47 Å². The summed E-state index contributed by atoms with van der Waals surface area (Å²) >= 11 is 6.89. The predicted octanol–water partition coefficient (Wildman–Crippen LogP) is 7.50. The second kappa shape index (κ2) is 11.2. The van der Waals surface area contributed by atoms with Gasteiger partial charge in [0.2, 0.25) is 0 Å². The van der Waals surface area contributed by atoms with E-state index in [1.165, 1.54) is 6.08 Å². The molecule has 0 aliphatic carbocycles. The zero-order chi connectivity index (χ0) is 24.8. The summed E-state index contributed by atoms with van der Waals surface area (Å²) in [7, 11) is 1.55. The second-order valence-corrected chi connectivity index (χ2v) is 9.35. The summed E-state index contributed by atoms with van der Waals surface area (Å²) in [4.78, 5) is 12.6. The molecule has 0 aromatic heterocycles. The molecule has 4 aromatic rings. The number of ether oxygens (including phenoxy) is 2. The molecule has 35 heavy (non-hydrogen) atoms. The smallest absolute Gasteiger partial charge is 0.266 e. The Labute approximate surface area is 220 Å². The van der Waals surface area contributed by atoms with Gasteiger partial charge in [0.1, 0.15) is 18.2 Å². The van der Waals surface area contributed by atoms with Crippen LogP contribution in [0.3, 0.4) is 0 Å². The SMILES string of the molecule is COc1cc(/C=C(/C#N)C(=O)Nc2ccc(Br)cc2)c(Br)cc1OCc1cccc2ccccc12. The highest BCUT2D eigenvalue weighted by atomic mass is 79.9. The zero-order valence-electron chi connectivity index (χ0n) is 18.7. The molecule has 7 heteroatoms. The number of benzene rings is 4. The Morgan fingerprint density at radius 1 is 1.00 bits per heavy atom. The Bertz CT molecular complexity index is 1450. The lowest BCUT2D eigenvalue weighted by Crippen LogP contribution is -2.13. The Morgan fingerprint density at radius 3 is 2.49 bits per heavy atom. The standard InChI is InChI=1S/C28H20Br2N2O3/c1-34-26-14-20(13-21(16-31)28(33)32-23-11-9-22(29)10-12-23)25(30)15-27(26)35-17-19-7-4-6-18-5-2-3-8-24(18)19/h2-15H,17H2,1H3,(H,32,33)/b21-13-. The first-order valence-corrected chi connectivity index (χ1v) is 12.2. The van der Waals surface area contributed by atoms with Crippen LogP contribution >= 0.6 is 31.9 Å². The van der Waals surface area contributed by atoms with Crippen molar-refractivity contribution < 1.29 is 14.3 Å². The molecule has 0 aliphatic rings. The van der Waals surface area contributed by atoms with Gasteiger partial charge in [0.25, 0.3) is 5.91 Å². The number of methoxy groups -OCH3 is 1. The molecule has 0 bridgehead atoms. The van der Waals surface area contributed by atoms with E-state index in [0.717, 1.165) is 20.8 Å². The summed E-state index contributed by atoms with van der Waals surface area (Å²) in [5.74, 6) is 0.532. The van der Waals surface area contributed by atoms with Crippen LogP contribution in [0.2, 0.25) is 0 Å². The van der Waals surface area contributed by atoms with Gasteiger partial charge in [-0.25, -0.2) is 0 Å².